The molecular weight excluding hydrogens is 386 g/mol. The molecule has 1 aromatic carbocycles. The van der Waals surface area contributed by atoms with Crippen LogP contribution in [0.25, 0.3) is 10.7 Å². The molecular formula is C22H25N3O3S. The molecule has 0 aliphatic heterocycles. The van der Waals surface area contributed by atoms with E-state index in [2.05, 4.69) is 22.3 Å². The van der Waals surface area contributed by atoms with Gasteiger partial charge in [-0.2, -0.15) is 4.98 Å². The zero-order valence-electron chi connectivity index (χ0n) is 16.8. The van der Waals surface area contributed by atoms with Crippen LogP contribution in [-0.4, -0.2) is 33.6 Å². The Morgan fingerprint density at radius 2 is 2.10 bits per heavy atom. The molecule has 0 fully saturated rings. The van der Waals surface area contributed by atoms with E-state index in [1.165, 1.54) is 24.0 Å². The van der Waals surface area contributed by atoms with Crippen LogP contribution in [0.4, 0.5) is 0 Å². The van der Waals surface area contributed by atoms with Gasteiger partial charge in [0, 0.05) is 6.54 Å². The molecule has 1 atom stereocenters. The smallest absolute Gasteiger partial charge is 0.263 e. The second kappa shape index (κ2) is 8.78. The second-order valence-electron chi connectivity index (χ2n) is 7.24. The van der Waals surface area contributed by atoms with Gasteiger partial charge >= 0.3 is 0 Å². The van der Waals surface area contributed by atoms with Crippen LogP contribution in [0.3, 0.4) is 0 Å². The van der Waals surface area contributed by atoms with Crippen LogP contribution < -0.4 is 4.74 Å². The summed E-state index contributed by atoms with van der Waals surface area (Å²) in [7, 11) is 0. The Balaban J connectivity index is 1.40. The molecule has 0 saturated carbocycles. The fraction of sp³-hybridized carbons (Fsp3) is 0.409. The average Bonchev–Trinajstić information content (AvgIpc) is 3.43. The van der Waals surface area contributed by atoms with Crippen LogP contribution >= 0.6 is 11.3 Å². The van der Waals surface area contributed by atoms with Gasteiger partial charge in [0.05, 0.1) is 4.88 Å². The van der Waals surface area contributed by atoms with E-state index in [-0.39, 0.29) is 12.5 Å². The van der Waals surface area contributed by atoms with Crippen molar-refractivity contribution in [2.45, 2.75) is 52.2 Å². The van der Waals surface area contributed by atoms with Crippen molar-refractivity contribution in [1.29, 1.82) is 0 Å². The highest BCUT2D eigenvalue weighted by Crippen LogP contribution is 2.26. The Bertz CT molecular complexity index is 968. The number of hydrogen-bond donors (Lipinski definition) is 0. The van der Waals surface area contributed by atoms with Gasteiger partial charge in [0.25, 0.3) is 5.91 Å². The third-order valence-electron chi connectivity index (χ3n) is 5.21. The Labute approximate surface area is 174 Å². The highest BCUT2D eigenvalue weighted by molar-refractivity contribution is 7.13. The number of nitrogens with zero attached hydrogens (tertiary/aromatic N) is 3. The summed E-state index contributed by atoms with van der Waals surface area (Å²) in [5, 5.41) is 5.98. The molecule has 0 N–H and O–H groups in total. The maximum atomic E-state index is 12.9. The van der Waals surface area contributed by atoms with Crippen LogP contribution in [0, 0.1) is 0 Å². The number of carbonyl (C=O) groups excluding carboxylic acids is 1. The summed E-state index contributed by atoms with van der Waals surface area (Å²) in [6.45, 7) is 4.52. The molecule has 2 heterocycles. The lowest BCUT2D eigenvalue weighted by Crippen LogP contribution is -2.40. The summed E-state index contributed by atoms with van der Waals surface area (Å²) in [5.41, 5.74) is 2.74. The van der Waals surface area contributed by atoms with Crippen molar-refractivity contribution in [2.75, 3.05) is 6.54 Å². The largest absolute Gasteiger partial charge is 0.481 e. The lowest BCUT2D eigenvalue weighted by Gasteiger charge is -2.24. The molecule has 29 heavy (non-hydrogen) atoms. The second-order valence-corrected chi connectivity index (χ2v) is 8.19. The van der Waals surface area contributed by atoms with E-state index in [1.807, 2.05) is 30.5 Å². The number of amides is 1. The minimum Gasteiger partial charge on any atom is -0.481 e. The van der Waals surface area contributed by atoms with E-state index in [1.54, 1.807) is 23.2 Å². The molecule has 1 aliphatic rings. The number of carbonyl (C=O) groups is 1. The Kier molecular flexibility index (Phi) is 5.94. The number of aryl methyl sites for hydroxylation is 2. The van der Waals surface area contributed by atoms with Crippen molar-refractivity contribution in [3.8, 4) is 16.5 Å². The normalized spacial score (nSPS) is 14.3. The van der Waals surface area contributed by atoms with Gasteiger partial charge in [-0.1, -0.05) is 17.3 Å². The molecule has 6 nitrogen and oxygen atoms in total. The number of aromatic nitrogens is 2. The first kappa shape index (κ1) is 19.6. The quantitative estimate of drug-likeness (QED) is 0.573. The van der Waals surface area contributed by atoms with Crippen LogP contribution in [0.1, 0.15) is 43.7 Å². The molecule has 2 aromatic heterocycles. The van der Waals surface area contributed by atoms with Gasteiger partial charge in [0.15, 0.2) is 6.10 Å². The van der Waals surface area contributed by atoms with Crippen molar-refractivity contribution in [3.05, 3.63) is 52.7 Å². The molecule has 152 valence electrons. The predicted molar refractivity (Wildman–Crippen MR) is 112 cm³/mol. The molecule has 0 bridgehead atoms. The highest BCUT2D eigenvalue weighted by atomic mass is 32.1. The van der Waals surface area contributed by atoms with Gasteiger partial charge in [-0.3, -0.25) is 4.79 Å². The maximum Gasteiger partial charge on any atom is 0.263 e. The summed E-state index contributed by atoms with van der Waals surface area (Å²) in [6.07, 6.45) is 4.09. The van der Waals surface area contributed by atoms with Crippen LogP contribution in [0.5, 0.6) is 5.75 Å². The summed E-state index contributed by atoms with van der Waals surface area (Å²) in [5.74, 6) is 1.63. The fourth-order valence-electron chi connectivity index (χ4n) is 3.63. The Morgan fingerprint density at radius 1 is 1.28 bits per heavy atom. The number of thiophene rings is 1. The van der Waals surface area contributed by atoms with Crippen molar-refractivity contribution in [1.82, 2.24) is 15.0 Å². The SMILES string of the molecule is CCN(Cc1nc(-c2cccs2)no1)C(=O)[C@@H](C)Oc1ccc2c(c1)CCCC2. The van der Waals surface area contributed by atoms with Crippen molar-refractivity contribution in [2.24, 2.45) is 0 Å². The van der Waals surface area contributed by atoms with Gasteiger partial charge < -0.3 is 14.2 Å². The molecule has 1 amide bonds. The van der Waals surface area contributed by atoms with E-state index in [0.29, 0.717) is 18.3 Å². The average molecular weight is 412 g/mol. The molecule has 4 rings (SSSR count). The van der Waals surface area contributed by atoms with Gasteiger partial charge in [0.1, 0.15) is 12.3 Å². The lowest BCUT2D eigenvalue weighted by atomic mass is 9.92. The standard InChI is InChI=1S/C22H25N3O3S/c1-3-25(14-20-23-21(24-28-20)19-9-6-12-29-19)22(26)15(2)27-18-11-10-16-7-4-5-8-17(16)13-18/h6,9-13,15H,3-5,7-8,14H2,1-2H3/t15-/m1/s1. The van der Waals surface area contributed by atoms with Crippen LogP contribution in [0.2, 0.25) is 0 Å². The lowest BCUT2D eigenvalue weighted by molar-refractivity contribution is -0.138. The molecule has 0 unspecified atom stereocenters. The van der Waals surface area contributed by atoms with Crippen molar-refractivity contribution < 1.29 is 14.1 Å². The fourth-order valence-corrected chi connectivity index (χ4v) is 4.28. The zero-order valence-corrected chi connectivity index (χ0v) is 17.6. The first-order valence-electron chi connectivity index (χ1n) is 10.1. The minimum atomic E-state index is -0.587. The summed E-state index contributed by atoms with van der Waals surface area (Å²) in [6, 6.07) is 10.1. The monoisotopic (exact) mass is 411 g/mol. The van der Waals surface area contributed by atoms with E-state index in [9.17, 15) is 4.79 Å². The first-order chi connectivity index (χ1) is 14.1. The van der Waals surface area contributed by atoms with Crippen molar-refractivity contribution in [3.63, 3.8) is 0 Å². The number of benzene rings is 1. The molecule has 3 aromatic rings. The number of hydrogen-bond acceptors (Lipinski definition) is 6. The van der Waals surface area contributed by atoms with Crippen LogP contribution in [0.15, 0.2) is 40.2 Å². The zero-order chi connectivity index (χ0) is 20.2. The molecule has 0 saturated heterocycles. The molecule has 1 aliphatic carbocycles. The molecule has 7 heteroatoms. The summed E-state index contributed by atoms with van der Waals surface area (Å²) < 4.78 is 11.3. The van der Waals surface area contributed by atoms with Gasteiger partial charge in [-0.25, -0.2) is 0 Å². The topological polar surface area (TPSA) is 68.5 Å². The third kappa shape index (κ3) is 4.50. The van der Waals surface area contributed by atoms with Crippen LogP contribution in [-0.2, 0) is 24.2 Å². The van der Waals surface area contributed by atoms with E-state index in [0.717, 1.165) is 23.5 Å². The van der Waals surface area contributed by atoms with Gasteiger partial charge in [0.2, 0.25) is 11.7 Å². The molecule has 0 radical (unpaired) electrons. The molecule has 0 spiro atoms. The summed E-state index contributed by atoms with van der Waals surface area (Å²) in [4.78, 5) is 20.0. The number of rotatable bonds is 7. The highest BCUT2D eigenvalue weighted by Gasteiger charge is 2.24. The third-order valence-corrected chi connectivity index (χ3v) is 6.08. The number of likely N-dealkylation sites (N-methyl/N-ethyl adjacent to an activating group) is 1. The predicted octanol–water partition coefficient (Wildman–Crippen LogP) is 4.49. The number of ether oxygens (including phenoxy) is 1. The van der Waals surface area contributed by atoms with Gasteiger partial charge in [-0.05, 0) is 74.2 Å². The Hall–Kier alpha value is -2.67. The minimum absolute atomic E-state index is 0.0962. The Morgan fingerprint density at radius 3 is 2.86 bits per heavy atom. The van der Waals surface area contributed by atoms with E-state index < -0.39 is 6.10 Å². The number of fused-ring (bicyclic) bond motifs is 1. The van der Waals surface area contributed by atoms with Crippen molar-refractivity contribution >= 4 is 17.2 Å². The maximum absolute atomic E-state index is 12.9. The van der Waals surface area contributed by atoms with Gasteiger partial charge in [-0.15, -0.1) is 11.3 Å². The van der Waals surface area contributed by atoms with E-state index in [4.69, 9.17) is 9.26 Å². The summed E-state index contributed by atoms with van der Waals surface area (Å²) >= 11 is 1.55. The van der Waals surface area contributed by atoms with E-state index >= 15 is 0 Å². The first-order valence-corrected chi connectivity index (χ1v) is 11.0.